The van der Waals surface area contributed by atoms with Gasteiger partial charge in [0, 0.05) is 12.3 Å². The monoisotopic (exact) mass is 269 g/mol. The molecule has 0 spiro atoms. The molecule has 2 N–H and O–H groups in total. The van der Waals surface area contributed by atoms with E-state index in [0.29, 0.717) is 30.6 Å². The number of nitrogen functional groups attached to an aromatic ring is 1. The van der Waals surface area contributed by atoms with Crippen molar-refractivity contribution in [3.05, 3.63) is 42.2 Å². The van der Waals surface area contributed by atoms with Crippen LogP contribution in [0.1, 0.15) is 12.7 Å². The van der Waals surface area contributed by atoms with E-state index in [1.165, 1.54) is 0 Å². The van der Waals surface area contributed by atoms with Crippen molar-refractivity contribution in [1.29, 1.82) is 0 Å². The molecule has 5 heteroatoms. The van der Waals surface area contributed by atoms with Gasteiger partial charge in [-0.1, -0.05) is 29.4 Å². The smallest absolute Gasteiger partial charge is 0.260 e. The minimum atomic E-state index is 0.341. The summed E-state index contributed by atoms with van der Waals surface area (Å²) in [6.45, 7) is 2.87. The van der Waals surface area contributed by atoms with Crippen LogP contribution in [0.25, 0.3) is 22.2 Å². The summed E-state index contributed by atoms with van der Waals surface area (Å²) in [5.74, 6) is 0.942. The molecule has 1 aromatic heterocycles. The van der Waals surface area contributed by atoms with Crippen LogP contribution in [-0.4, -0.2) is 16.7 Å². The molecule has 0 fully saturated rings. The Morgan fingerprint density at radius 1 is 1.20 bits per heavy atom. The molecule has 0 aliphatic carbocycles. The number of nitrogens with two attached hydrogens (primary N) is 1. The Hall–Kier alpha value is -2.40. The summed E-state index contributed by atoms with van der Waals surface area (Å²) in [5, 5.41) is 6.06. The molecular formula is C15H15N3O2. The van der Waals surface area contributed by atoms with E-state index < -0.39 is 0 Å². The van der Waals surface area contributed by atoms with Gasteiger partial charge in [-0.05, 0) is 29.8 Å². The average Bonchev–Trinajstić information content (AvgIpc) is 2.93. The van der Waals surface area contributed by atoms with Gasteiger partial charge in [-0.15, -0.1) is 0 Å². The predicted molar refractivity (Wildman–Crippen MR) is 77.0 cm³/mol. The summed E-state index contributed by atoms with van der Waals surface area (Å²) in [6, 6.07) is 11.9. The summed E-state index contributed by atoms with van der Waals surface area (Å²) in [4.78, 5) is 4.30. The molecule has 0 unspecified atom stereocenters. The fraction of sp³-hybridized carbons (Fsp3) is 0.200. The third-order valence-corrected chi connectivity index (χ3v) is 3.05. The van der Waals surface area contributed by atoms with E-state index in [4.69, 9.17) is 15.0 Å². The molecule has 0 saturated carbocycles. The third-order valence-electron chi connectivity index (χ3n) is 3.05. The van der Waals surface area contributed by atoms with E-state index in [1.807, 2.05) is 43.3 Å². The zero-order valence-electron chi connectivity index (χ0n) is 11.2. The maximum atomic E-state index is 6.07. The summed E-state index contributed by atoms with van der Waals surface area (Å²) < 4.78 is 10.5. The fourth-order valence-corrected chi connectivity index (χ4v) is 2.06. The maximum absolute atomic E-state index is 6.07. The number of nitrogens with zero attached hydrogens (tertiary/aromatic N) is 2. The van der Waals surface area contributed by atoms with Crippen molar-refractivity contribution in [3.8, 4) is 11.5 Å². The first-order valence-electron chi connectivity index (χ1n) is 6.47. The van der Waals surface area contributed by atoms with Crippen molar-refractivity contribution in [2.75, 3.05) is 12.3 Å². The van der Waals surface area contributed by atoms with Gasteiger partial charge in [0.25, 0.3) is 5.89 Å². The molecule has 3 aromatic rings. The van der Waals surface area contributed by atoms with Gasteiger partial charge in [0.1, 0.15) is 6.61 Å². The van der Waals surface area contributed by atoms with E-state index in [9.17, 15) is 0 Å². The van der Waals surface area contributed by atoms with Crippen molar-refractivity contribution in [2.24, 2.45) is 0 Å². The summed E-state index contributed by atoms with van der Waals surface area (Å²) in [6.07, 6.45) is 0. The van der Waals surface area contributed by atoms with Crippen LogP contribution >= 0.6 is 0 Å². The molecule has 1 heterocycles. The number of hydrogen-bond donors (Lipinski definition) is 1. The van der Waals surface area contributed by atoms with Crippen LogP contribution < -0.4 is 5.73 Å². The van der Waals surface area contributed by atoms with Gasteiger partial charge in [0.2, 0.25) is 0 Å². The molecule has 20 heavy (non-hydrogen) atoms. The minimum Gasteiger partial charge on any atom is -0.398 e. The molecule has 0 amide bonds. The van der Waals surface area contributed by atoms with Gasteiger partial charge >= 0.3 is 0 Å². The Kier molecular flexibility index (Phi) is 3.35. The highest BCUT2D eigenvalue weighted by Crippen LogP contribution is 2.29. The first-order valence-corrected chi connectivity index (χ1v) is 6.47. The first-order chi connectivity index (χ1) is 9.78. The maximum Gasteiger partial charge on any atom is 0.260 e. The van der Waals surface area contributed by atoms with Crippen molar-refractivity contribution < 1.29 is 9.26 Å². The van der Waals surface area contributed by atoms with E-state index in [2.05, 4.69) is 10.1 Å². The average molecular weight is 269 g/mol. The molecule has 0 saturated heterocycles. The molecule has 3 rings (SSSR count). The molecular weight excluding hydrogens is 254 g/mol. The Morgan fingerprint density at radius 2 is 1.95 bits per heavy atom. The lowest BCUT2D eigenvalue weighted by atomic mass is 10.1. The van der Waals surface area contributed by atoms with Gasteiger partial charge in [0.15, 0.2) is 5.82 Å². The van der Waals surface area contributed by atoms with E-state index in [-0.39, 0.29) is 0 Å². The Bertz CT molecular complexity index is 737. The number of fused-ring (bicyclic) bond motifs is 1. The number of anilines is 1. The SMILES string of the molecule is CCOCc1noc(-c2cc3ccccc3cc2N)n1. The minimum absolute atomic E-state index is 0.341. The van der Waals surface area contributed by atoms with E-state index in [1.54, 1.807) is 0 Å². The second-order valence-corrected chi connectivity index (χ2v) is 4.44. The first kappa shape index (κ1) is 12.6. The van der Waals surface area contributed by atoms with Gasteiger partial charge in [-0.25, -0.2) is 0 Å². The van der Waals surface area contributed by atoms with Gasteiger partial charge in [0.05, 0.1) is 5.56 Å². The molecule has 0 atom stereocenters. The lowest BCUT2D eigenvalue weighted by Gasteiger charge is -2.04. The van der Waals surface area contributed by atoms with Crippen LogP contribution in [0.3, 0.4) is 0 Å². The summed E-state index contributed by atoms with van der Waals surface area (Å²) in [5.41, 5.74) is 7.44. The molecule has 102 valence electrons. The predicted octanol–water partition coefficient (Wildman–Crippen LogP) is 3.01. The van der Waals surface area contributed by atoms with Gasteiger partial charge in [-0.2, -0.15) is 4.98 Å². The molecule has 5 nitrogen and oxygen atoms in total. The molecule has 0 bridgehead atoms. The van der Waals surface area contributed by atoms with Crippen molar-refractivity contribution >= 4 is 16.5 Å². The normalized spacial score (nSPS) is 11.1. The van der Waals surface area contributed by atoms with Crippen molar-refractivity contribution in [1.82, 2.24) is 10.1 Å². The molecule has 2 aromatic carbocycles. The number of hydrogen-bond acceptors (Lipinski definition) is 5. The van der Waals surface area contributed by atoms with Gasteiger partial charge in [-0.3, -0.25) is 0 Å². The van der Waals surface area contributed by atoms with Crippen LogP contribution in [0.2, 0.25) is 0 Å². The third kappa shape index (κ3) is 2.35. The second kappa shape index (κ2) is 5.30. The molecule has 0 aliphatic rings. The highest BCUT2D eigenvalue weighted by atomic mass is 16.5. The summed E-state index contributed by atoms with van der Waals surface area (Å²) >= 11 is 0. The second-order valence-electron chi connectivity index (χ2n) is 4.44. The Balaban J connectivity index is 2.00. The fourth-order valence-electron chi connectivity index (χ4n) is 2.06. The number of rotatable bonds is 4. The zero-order chi connectivity index (χ0) is 13.9. The highest BCUT2D eigenvalue weighted by molar-refractivity contribution is 5.92. The Labute approximate surface area is 116 Å². The standard InChI is InChI=1S/C15H15N3O2/c1-2-19-9-14-17-15(20-18-14)12-7-10-5-3-4-6-11(10)8-13(12)16/h3-8H,2,9,16H2,1H3. The molecule has 0 radical (unpaired) electrons. The van der Waals surface area contributed by atoms with Crippen LogP contribution in [-0.2, 0) is 11.3 Å². The lowest BCUT2D eigenvalue weighted by Crippen LogP contribution is -1.94. The lowest BCUT2D eigenvalue weighted by molar-refractivity contribution is 0.126. The summed E-state index contributed by atoms with van der Waals surface area (Å²) in [7, 11) is 0. The largest absolute Gasteiger partial charge is 0.398 e. The highest BCUT2D eigenvalue weighted by Gasteiger charge is 2.12. The van der Waals surface area contributed by atoms with Crippen LogP contribution in [0.5, 0.6) is 0 Å². The number of benzene rings is 2. The number of ether oxygens (including phenoxy) is 1. The van der Waals surface area contributed by atoms with Crippen molar-refractivity contribution in [3.63, 3.8) is 0 Å². The number of aromatic nitrogens is 2. The quantitative estimate of drug-likeness (QED) is 0.737. The van der Waals surface area contributed by atoms with Crippen LogP contribution in [0.4, 0.5) is 5.69 Å². The topological polar surface area (TPSA) is 74.2 Å². The van der Waals surface area contributed by atoms with Crippen LogP contribution in [0, 0.1) is 0 Å². The Morgan fingerprint density at radius 3 is 2.70 bits per heavy atom. The van der Waals surface area contributed by atoms with Gasteiger partial charge < -0.3 is 15.0 Å². The van der Waals surface area contributed by atoms with Crippen molar-refractivity contribution in [2.45, 2.75) is 13.5 Å². The van der Waals surface area contributed by atoms with E-state index in [0.717, 1.165) is 16.3 Å². The van der Waals surface area contributed by atoms with Crippen LogP contribution in [0.15, 0.2) is 40.9 Å². The molecule has 0 aliphatic heterocycles. The van der Waals surface area contributed by atoms with E-state index >= 15 is 0 Å². The zero-order valence-corrected chi connectivity index (χ0v) is 11.2.